The van der Waals surface area contributed by atoms with Crippen molar-refractivity contribution in [3.05, 3.63) is 54.1 Å². The largest absolute Gasteiger partial charge is 0.388 e. The van der Waals surface area contributed by atoms with Gasteiger partial charge in [0.25, 0.3) is 0 Å². The van der Waals surface area contributed by atoms with E-state index in [-0.39, 0.29) is 5.78 Å². The summed E-state index contributed by atoms with van der Waals surface area (Å²) in [5.74, 6) is 0.0833. The van der Waals surface area contributed by atoms with Crippen LogP contribution in [0.3, 0.4) is 0 Å². The summed E-state index contributed by atoms with van der Waals surface area (Å²) < 4.78 is 0. The minimum absolute atomic E-state index is 0.0833. The standard InChI is InChI=1S/C15H16N2O/c1-11(18)12-3-5-14(6-4-12)17-15-9-7-13(16-2)8-10-15/h3-10,16-17H,1-2H3. The third-order valence-corrected chi connectivity index (χ3v) is 2.75. The van der Waals surface area contributed by atoms with E-state index in [1.165, 1.54) is 0 Å². The first-order valence-electron chi connectivity index (χ1n) is 5.85. The van der Waals surface area contributed by atoms with Crippen LogP contribution in [0.1, 0.15) is 17.3 Å². The molecule has 0 radical (unpaired) electrons. The Balaban J connectivity index is 2.10. The van der Waals surface area contributed by atoms with Crippen LogP contribution in [0.5, 0.6) is 0 Å². The maximum atomic E-state index is 11.2. The lowest BCUT2D eigenvalue weighted by Crippen LogP contribution is -1.94. The van der Waals surface area contributed by atoms with Gasteiger partial charge in [0.05, 0.1) is 0 Å². The highest BCUT2D eigenvalue weighted by Gasteiger charge is 1.99. The lowest BCUT2D eigenvalue weighted by molar-refractivity contribution is 0.101. The number of benzene rings is 2. The van der Waals surface area contributed by atoms with Crippen LogP contribution >= 0.6 is 0 Å². The monoisotopic (exact) mass is 240 g/mol. The van der Waals surface area contributed by atoms with Crippen LogP contribution < -0.4 is 10.6 Å². The van der Waals surface area contributed by atoms with Crippen molar-refractivity contribution in [2.45, 2.75) is 6.92 Å². The summed E-state index contributed by atoms with van der Waals surface area (Å²) >= 11 is 0. The number of Topliss-reactive ketones (excluding diaryl/α,β-unsaturated/α-hetero) is 1. The lowest BCUT2D eigenvalue weighted by atomic mass is 10.1. The van der Waals surface area contributed by atoms with Gasteiger partial charge in [-0.1, -0.05) is 0 Å². The van der Waals surface area contributed by atoms with Crippen LogP contribution in [0.4, 0.5) is 17.1 Å². The van der Waals surface area contributed by atoms with Crippen molar-refractivity contribution in [3.8, 4) is 0 Å². The van der Waals surface area contributed by atoms with Crippen molar-refractivity contribution in [2.75, 3.05) is 17.7 Å². The van der Waals surface area contributed by atoms with Gasteiger partial charge in [0.1, 0.15) is 0 Å². The molecule has 0 spiro atoms. The minimum atomic E-state index is 0.0833. The smallest absolute Gasteiger partial charge is 0.159 e. The van der Waals surface area contributed by atoms with E-state index in [1.54, 1.807) is 6.92 Å². The van der Waals surface area contributed by atoms with Crippen LogP contribution in [0, 0.1) is 0 Å². The second-order valence-corrected chi connectivity index (χ2v) is 4.09. The van der Waals surface area contributed by atoms with Crippen LogP contribution in [0.15, 0.2) is 48.5 Å². The maximum Gasteiger partial charge on any atom is 0.159 e. The van der Waals surface area contributed by atoms with Crippen molar-refractivity contribution in [1.82, 2.24) is 0 Å². The molecule has 0 aromatic heterocycles. The Morgan fingerprint density at radius 3 is 1.72 bits per heavy atom. The van der Waals surface area contributed by atoms with E-state index in [4.69, 9.17) is 0 Å². The molecule has 3 heteroatoms. The Bertz CT molecular complexity index is 529. The molecule has 2 N–H and O–H groups in total. The second kappa shape index (κ2) is 5.36. The topological polar surface area (TPSA) is 41.1 Å². The number of hydrogen-bond acceptors (Lipinski definition) is 3. The Morgan fingerprint density at radius 2 is 1.28 bits per heavy atom. The van der Waals surface area contributed by atoms with Crippen molar-refractivity contribution in [2.24, 2.45) is 0 Å². The number of carbonyl (C=O) groups is 1. The van der Waals surface area contributed by atoms with Crippen LogP contribution in [-0.2, 0) is 0 Å². The van der Waals surface area contributed by atoms with Gasteiger partial charge in [-0.3, -0.25) is 4.79 Å². The number of anilines is 3. The number of rotatable bonds is 4. The fourth-order valence-corrected chi connectivity index (χ4v) is 1.68. The molecule has 0 aliphatic rings. The van der Waals surface area contributed by atoms with Crippen molar-refractivity contribution in [3.63, 3.8) is 0 Å². The fraction of sp³-hybridized carbons (Fsp3) is 0.133. The van der Waals surface area contributed by atoms with E-state index in [0.29, 0.717) is 0 Å². The highest BCUT2D eigenvalue weighted by Crippen LogP contribution is 2.19. The molecule has 0 unspecified atom stereocenters. The molecule has 0 fully saturated rings. The quantitative estimate of drug-likeness (QED) is 0.801. The Kier molecular flexibility index (Phi) is 3.63. The molecule has 0 aliphatic carbocycles. The molecule has 18 heavy (non-hydrogen) atoms. The molecule has 0 aliphatic heterocycles. The van der Waals surface area contributed by atoms with Gasteiger partial charge in [0.2, 0.25) is 0 Å². The molecule has 2 aromatic rings. The average molecular weight is 240 g/mol. The maximum absolute atomic E-state index is 11.2. The Labute approximate surface area is 107 Å². The summed E-state index contributed by atoms with van der Waals surface area (Å²) in [4.78, 5) is 11.2. The predicted octanol–water partition coefficient (Wildman–Crippen LogP) is 3.67. The van der Waals surface area contributed by atoms with Gasteiger partial charge in [-0.2, -0.15) is 0 Å². The van der Waals surface area contributed by atoms with Crippen LogP contribution in [-0.4, -0.2) is 12.8 Å². The van der Waals surface area contributed by atoms with Gasteiger partial charge in [-0.05, 0) is 55.5 Å². The van der Waals surface area contributed by atoms with Gasteiger partial charge in [-0.15, -0.1) is 0 Å². The molecule has 2 rings (SSSR count). The zero-order valence-corrected chi connectivity index (χ0v) is 10.5. The predicted molar refractivity (Wildman–Crippen MR) is 75.7 cm³/mol. The number of carbonyl (C=O) groups excluding carboxylic acids is 1. The summed E-state index contributed by atoms with van der Waals surface area (Å²) in [6.45, 7) is 1.57. The van der Waals surface area contributed by atoms with Crippen LogP contribution in [0.2, 0.25) is 0 Å². The Morgan fingerprint density at radius 1 is 0.833 bits per heavy atom. The fourth-order valence-electron chi connectivity index (χ4n) is 1.68. The molecule has 2 aromatic carbocycles. The third kappa shape index (κ3) is 2.88. The summed E-state index contributed by atoms with van der Waals surface area (Å²) in [5.41, 5.74) is 3.79. The Hall–Kier alpha value is -2.29. The highest BCUT2D eigenvalue weighted by molar-refractivity contribution is 5.94. The zero-order chi connectivity index (χ0) is 13.0. The first-order valence-corrected chi connectivity index (χ1v) is 5.85. The van der Waals surface area contributed by atoms with E-state index >= 15 is 0 Å². The summed E-state index contributed by atoms with van der Waals surface area (Å²) in [6, 6.07) is 15.5. The third-order valence-electron chi connectivity index (χ3n) is 2.75. The normalized spacial score (nSPS) is 9.89. The number of nitrogens with one attached hydrogen (secondary N) is 2. The van der Waals surface area contributed by atoms with E-state index in [1.807, 2.05) is 55.6 Å². The molecule has 92 valence electrons. The molecule has 0 amide bonds. The molecule has 0 bridgehead atoms. The summed E-state index contributed by atoms with van der Waals surface area (Å²) in [5, 5.41) is 6.35. The SMILES string of the molecule is CNc1ccc(Nc2ccc(C(C)=O)cc2)cc1. The number of hydrogen-bond donors (Lipinski definition) is 2. The molecular weight excluding hydrogens is 224 g/mol. The molecule has 0 saturated carbocycles. The molecule has 0 atom stereocenters. The minimum Gasteiger partial charge on any atom is -0.388 e. The highest BCUT2D eigenvalue weighted by atomic mass is 16.1. The van der Waals surface area contributed by atoms with E-state index in [0.717, 1.165) is 22.6 Å². The van der Waals surface area contributed by atoms with Gasteiger partial charge in [0.15, 0.2) is 5.78 Å². The molecule has 0 saturated heterocycles. The van der Waals surface area contributed by atoms with Gasteiger partial charge in [0, 0.05) is 29.7 Å². The summed E-state index contributed by atoms with van der Waals surface area (Å²) in [7, 11) is 1.89. The van der Waals surface area contributed by atoms with Gasteiger partial charge in [-0.25, -0.2) is 0 Å². The summed E-state index contributed by atoms with van der Waals surface area (Å²) in [6.07, 6.45) is 0. The lowest BCUT2D eigenvalue weighted by Gasteiger charge is -2.08. The molecule has 0 heterocycles. The average Bonchev–Trinajstić information content (AvgIpc) is 2.40. The van der Waals surface area contributed by atoms with Gasteiger partial charge >= 0.3 is 0 Å². The van der Waals surface area contributed by atoms with E-state index in [2.05, 4.69) is 10.6 Å². The van der Waals surface area contributed by atoms with E-state index in [9.17, 15) is 4.79 Å². The van der Waals surface area contributed by atoms with Gasteiger partial charge < -0.3 is 10.6 Å². The molecular formula is C15H16N2O. The zero-order valence-electron chi connectivity index (χ0n) is 10.5. The molecule has 3 nitrogen and oxygen atoms in total. The number of ketones is 1. The first kappa shape index (κ1) is 12.2. The first-order chi connectivity index (χ1) is 8.69. The van der Waals surface area contributed by atoms with Crippen LogP contribution in [0.25, 0.3) is 0 Å². The van der Waals surface area contributed by atoms with Crippen molar-refractivity contribution >= 4 is 22.8 Å². The van der Waals surface area contributed by atoms with Crippen molar-refractivity contribution in [1.29, 1.82) is 0 Å². The van der Waals surface area contributed by atoms with Crippen molar-refractivity contribution < 1.29 is 4.79 Å². The second-order valence-electron chi connectivity index (χ2n) is 4.09. The van der Waals surface area contributed by atoms with E-state index < -0.39 is 0 Å².